The predicted octanol–water partition coefficient (Wildman–Crippen LogP) is 1.42. The van der Waals surface area contributed by atoms with Crippen molar-refractivity contribution in [1.29, 1.82) is 0 Å². The monoisotopic (exact) mass is 274 g/mol. The van der Waals surface area contributed by atoms with Crippen LogP contribution in [0.15, 0.2) is 23.1 Å². The Morgan fingerprint density at radius 2 is 2.11 bits per heavy atom. The van der Waals surface area contributed by atoms with E-state index in [2.05, 4.69) is 4.72 Å². The molecule has 0 saturated heterocycles. The molecule has 1 aliphatic rings. The van der Waals surface area contributed by atoms with Gasteiger partial charge in [0.25, 0.3) is 0 Å². The van der Waals surface area contributed by atoms with E-state index in [0.29, 0.717) is 6.07 Å². The second-order valence-electron chi connectivity index (χ2n) is 4.31. The minimum absolute atomic E-state index is 0.131. The zero-order valence-corrected chi connectivity index (χ0v) is 10.3. The Morgan fingerprint density at radius 1 is 1.50 bits per heavy atom. The smallest absolute Gasteiger partial charge is 0.258 e. The molecular formula is C10H11FN2O4S. The van der Waals surface area contributed by atoms with Crippen LogP contribution in [0.3, 0.4) is 0 Å². The van der Waals surface area contributed by atoms with E-state index >= 15 is 0 Å². The SMILES string of the molecule is CC1CC1NS(=O)(=O)c1ccc([N+](=O)[O-])c(F)c1. The topological polar surface area (TPSA) is 89.3 Å². The van der Waals surface area contributed by atoms with Crippen LogP contribution in [-0.2, 0) is 10.0 Å². The summed E-state index contributed by atoms with van der Waals surface area (Å²) in [5, 5.41) is 10.4. The average molecular weight is 274 g/mol. The molecule has 1 aromatic rings. The normalized spacial score (nSPS) is 22.8. The molecule has 0 heterocycles. The third-order valence-corrected chi connectivity index (χ3v) is 4.33. The van der Waals surface area contributed by atoms with E-state index in [0.717, 1.165) is 18.6 Å². The van der Waals surface area contributed by atoms with Gasteiger partial charge in [0, 0.05) is 18.2 Å². The lowest BCUT2D eigenvalue weighted by molar-refractivity contribution is -0.387. The minimum Gasteiger partial charge on any atom is -0.258 e. The Kier molecular flexibility index (Phi) is 3.07. The summed E-state index contributed by atoms with van der Waals surface area (Å²) in [6.07, 6.45) is 0.745. The second kappa shape index (κ2) is 4.29. The van der Waals surface area contributed by atoms with E-state index < -0.39 is 26.5 Å². The zero-order valence-electron chi connectivity index (χ0n) is 9.46. The molecule has 0 spiro atoms. The Balaban J connectivity index is 2.28. The highest BCUT2D eigenvalue weighted by Gasteiger charge is 2.36. The summed E-state index contributed by atoms with van der Waals surface area (Å²) in [6, 6.07) is 2.40. The van der Waals surface area contributed by atoms with Gasteiger partial charge in [0.1, 0.15) is 0 Å². The molecule has 1 saturated carbocycles. The van der Waals surface area contributed by atoms with Crippen LogP contribution < -0.4 is 4.72 Å². The van der Waals surface area contributed by atoms with Crippen molar-refractivity contribution in [3.05, 3.63) is 34.1 Å². The van der Waals surface area contributed by atoms with Crippen molar-refractivity contribution in [2.75, 3.05) is 0 Å². The summed E-state index contributed by atoms with van der Waals surface area (Å²) in [5.41, 5.74) is -0.742. The number of hydrogen-bond acceptors (Lipinski definition) is 4. The highest BCUT2D eigenvalue weighted by Crippen LogP contribution is 2.31. The van der Waals surface area contributed by atoms with Crippen LogP contribution in [0.1, 0.15) is 13.3 Å². The second-order valence-corrected chi connectivity index (χ2v) is 6.03. The third-order valence-electron chi connectivity index (χ3n) is 2.84. The number of nitro benzene ring substituents is 1. The lowest BCUT2D eigenvalue weighted by atomic mass is 10.3. The number of benzene rings is 1. The molecule has 1 aliphatic carbocycles. The molecule has 6 nitrogen and oxygen atoms in total. The highest BCUT2D eigenvalue weighted by molar-refractivity contribution is 7.89. The first-order chi connectivity index (χ1) is 8.31. The number of nitrogens with one attached hydrogen (secondary N) is 1. The molecule has 0 aromatic heterocycles. The van der Waals surface area contributed by atoms with Crippen molar-refractivity contribution in [2.24, 2.45) is 5.92 Å². The van der Waals surface area contributed by atoms with Crippen LogP contribution >= 0.6 is 0 Å². The maximum atomic E-state index is 13.3. The lowest BCUT2D eigenvalue weighted by Crippen LogP contribution is -2.26. The van der Waals surface area contributed by atoms with Gasteiger partial charge in [-0.05, 0) is 18.4 Å². The third kappa shape index (κ3) is 2.49. The average Bonchev–Trinajstić information content (AvgIpc) is 2.92. The molecule has 1 aromatic carbocycles. The first kappa shape index (κ1) is 12.9. The Bertz CT molecular complexity index is 602. The Hall–Kier alpha value is -1.54. The predicted molar refractivity (Wildman–Crippen MR) is 60.9 cm³/mol. The van der Waals surface area contributed by atoms with Gasteiger partial charge < -0.3 is 0 Å². The number of nitrogens with zero attached hydrogens (tertiary/aromatic N) is 1. The van der Waals surface area contributed by atoms with Gasteiger partial charge in [-0.15, -0.1) is 0 Å². The maximum absolute atomic E-state index is 13.3. The van der Waals surface area contributed by atoms with Gasteiger partial charge in [0.2, 0.25) is 15.8 Å². The fraction of sp³-hybridized carbons (Fsp3) is 0.400. The van der Waals surface area contributed by atoms with Crippen LogP contribution in [0, 0.1) is 21.8 Å². The summed E-state index contributed by atoms with van der Waals surface area (Å²) >= 11 is 0. The van der Waals surface area contributed by atoms with E-state index in [1.165, 1.54) is 0 Å². The number of sulfonamides is 1. The quantitative estimate of drug-likeness (QED) is 0.664. The van der Waals surface area contributed by atoms with Gasteiger partial charge in [0.15, 0.2) is 0 Å². The van der Waals surface area contributed by atoms with E-state index in [4.69, 9.17) is 0 Å². The molecule has 2 atom stereocenters. The van der Waals surface area contributed by atoms with Crippen molar-refractivity contribution in [2.45, 2.75) is 24.3 Å². The standard InChI is InChI=1S/C10H11FN2O4S/c1-6-4-9(6)12-18(16,17)7-2-3-10(13(14)15)8(11)5-7/h2-3,5-6,9,12H,4H2,1H3. The van der Waals surface area contributed by atoms with E-state index in [-0.39, 0.29) is 16.9 Å². The van der Waals surface area contributed by atoms with E-state index in [1.54, 1.807) is 0 Å². The van der Waals surface area contributed by atoms with Crippen molar-refractivity contribution < 1.29 is 17.7 Å². The number of hydrogen-bond donors (Lipinski definition) is 1. The lowest BCUT2D eigenvalue weighted by Gasteiger charge is -2.05. The highest BCUT2D eigenvalue weighted by atomic mass is 32.2. The molecule has 2 rings (SSSR count). The zero-order chi connectivity index (χ0) is 13.5. The van der Waals surface area contributed by atoms with Gasteiger partial charge in [-0.25, -0.2) is 13.1 Å². The molecule has 0 amide bonds. The molecular weight excluding hydrogens is 263 g/mol. The summed E-state index contributed by atoms with van der Waals surface area (Å²) < 4.78 is 39.4. The van der Waals surface area contributed by atoms with Gasteiger partial charge in [-0.3, -0.25) is 10.1 Å². The summed E-state index contributed by atoms with van der Waals surface area (Å²) in [7, 11) is -3.81. The van der Waals surface area contributed by atoms with Crippen molar-refractivity contribution in [3.8, 4) is 0 Å². The Morgan fingerprint density at radius 3 is 2.56 bits per heavy atom. The van der Waals surface area contributed by atoms with Gasteiger partial charge in [-0.1, -0.05) is 6.92 Å². The minimum atomic E-state index is -3.81. The first-order valence-electron chi connectivity index (χ1n) is 5.27. The van der Waals surface area contributed by atoms with Gasteiger partial charge in [-0.2, -0.15) is 4.39 Å². The molecule has 2 unspecified atom stereocenters. The molecule has 1 fully saturated rings. The fourth-order valence-corrected chi connectivity index (χ4v) is 2.93. The van der Waals surface area contributed by atoms with Gasteiger partial charge >= 0.3 is 5.69 Å². The van der Waals surface area contributed by atoms with Crippen LogP contribution in [0.5, 0.6) is 0 Å². The molecule has 0 aliphatic heterocycles. The molecule has 8 heteroatoms. The van der Waals surface area contributed by atoms with Crippen molar-refractivity contribution in [1.82, 2.24) is 4.72 Å². The van der Waals surface area contributed by atoms with E-state index in [1.807, 2.05) is 6.92 Å². The Labute approximate surface area is 103 Å². The van der Waals surface area contributed by atoms with E-state index in [9.17, 15) is 22.9 Å². The fourth-order valence-electron chi connectivity index (χ4n) is 1.56. The van der Waals surface area contributed by atoms with Crippen molar-refractivity contribution >= 4 is 15.7 Å². The summed E-state index contributed by atoms with van der Waals surface area (Å²) in [6.45, 7) is 1.89. The first-order valence-corrected chi connectivity index (χ1v) is 6.76. The molecule has 1 N–H and O–H groups in total. The largest absolute Gasteiger partial charge is 0.304 e. The summed E-state index contributed by atoms with van der Waals surface area (Å²) in [4.78, 5) is 9.21. The van der Waals surface area contributed by atoms with Crippen molar-refractivity contribution in [3.63, 3.8) is 0 Å². The maximum Gasteiger partial charge on any atom is 0.304 e. The van der Waals surface area contributed by atoms with Crippen LogP contribution in [0.25, 0.3) is 0 Å². The summed E-state index contributed by atoms with van der Waals surface area (Å²) in [5.74, 6) is -0.894. The molecule has 0 radical (unpaired) electrons. The number of nitro groups is 1. The number of rotatable bonds is 4. The number of halogens is 1. The van der Waals surface area contributed by atoms with Crippen LogP contribution in [0.4, 0.5) is 10.1 Å². The molecule has 98 valence electrons. The van der Waals surface area contributed by atoms with Gasteiger partial charge in [0.05, 0.1) is 9.82 Å². The molecule has 0 bridgehead atoms. The molecule has 18 heavy (non-hydrogen) atoms. The van der Waals surface area contributed by atoms with Crippen LogP contribution in [0.2, 0.25) is 0 Å². The van der Waals surface area contributed by atoms with Crippen LogP contribution in [-0.4, -0.2) is 19.4 Å².